The molecule has 0 fully saturated rings. The number of nitrogens with zero attached hydrogens (tertiary/aromatic N) is 1. The van der Waals surface area contributed by atoms with Crippen molar-refractivity contribution in [1.82, 2.24) is 4.90 Å². The van der Waals surface area contributed by atoms with Crippen LogP contribution in [-0.4, -0.2) is 30.9 Å². The Hall–Kier alpha value is -1.35. The molecule has 0 aliphatic carbocycles. The molecule has 0 bridgehead atoms. The van der Waals surface area contributed by atoms with E-state index in [0.717, 1.165) is 25.8 Å². The van der Waals surface area contributed by atoms with Crippen molar-refractivity contribution in [3.8, 4) is 0 Å². The molecule has 0 radical (unpaired) electrons. The second kappa shape index (κ2) is 8.05. The van der Waals surface area contributed by atoms with E-state index in [1.807, 2.05) is 30.1 Å². The second-order valence-electron chi connectivity index (χ2n) is 6.25. The van der Waals surface area contributed by atoms with Crippen LogP contribution < -0.4 is 5.73 Å². The van der Waals surface area contributed by atoms with Gasteiger partial charge in [-0.05, 0) is 36.8 Å². The van der Waals surface area contributed by atoms with Crippen LogP contribution in [0.25, 0.3) is 0 Å². The van der Waals surface area contributed by atoms with Crippen LogP contribution in [0.4, 0.5) is 0 Å². The average molecular weight is 276 g/mol. The van der Waals surface area contributed by atoms with Gasteiger partial charge in [-0.1, -0.05) is 44.2 Å². The Balaban J connectivity index is 2.32. The van der Waals surface area contributed by atoms with Crippen LogP contribution in [0.3, 0.4) is 0 Å². The average Bonchev–Trinajstić information content (AvgIpc) is 2.43. The highest BCUT2D eigenvalue weighted by Crippen LogP contribution is 2.26. The fraction of sp³-hybridized carbons (Fsp3) is 0.588. The Labute approximate surface area is 123 Å². The predicted octanol–water partition coefficient (Wildman–Crippen LogP) is 2.84. The second-order valence-corrected chi connectivity index (χ2v) is 6.25. The summed E-state index contributed by atoms with van der Waals surface area (Å²) in [5.41, 5.74) is 7.03. The molecule has 0 aromatic heterocycles. The van der Waals surface area contributed by atoms with Gasteiger partial charge in [0.1, 0.15) is 0 Å². The smallest absolute Gasteiger partial charge is 0.222 e. The normalized spacial score (nSPS) is 11.4. The lowest BCUT2D eigenvalue weighted by Gasteiger charge is -2.25. The van der Waals surface area contributed by atoms with E-state index in [4.69, 9.17) is 5.73 Å². The molecule has 0 saturated carbocycles. The summed E-state index contributed by atoms with van der Waals surface area (Å²) in [5.74, 6) is 0.228. The molecule has 0 saturated heterocycles. The Morgan fingerprint density at radius 3 is 2.45 bits per heavy atom. The quantitative estimate of drug-likeness (QED) is 0.793. The zero-order valence-electron chi connectivity index (χ0n) is 13.1. The van der Waals surface area contributed by atoms with Gasteiger partial charge in [0, 0.05) is 20.0 Å². The van der Waals surface area contributed by atoms with Gasteiger partial charge in [-0.25, -0.2) is 0 Å². The lowest BCUT2D eigenvalue weighted by molar-refractivity contribution is -0.130. The highest BCUT2D eigenvalue weighted by molar-refractivity contribution is 5.75. The van der Waals surface area contributed by atoms with Gasteiger partial charge in [0.05, 0.1) is 0 Å². The number of carbonyl (C=O) groups is 1. The van der Waals surface area contributed by atoms with E-state index < -0.39 is 0 Å². The molecule has 1 rings (SSSR count). The van der Waals surface area contributed by atoms with E-state index in [2.05, 4.69) is 26.0 Å². The van der Waals surface area contributed by atoms with Gasteiger partial charge in [0.15, 0.2) is 0 Å². The van der Waals surface area contributed by atoms with Gasteiger partial charge in [0.2, 0.25) is 5.91 Å². The molecule has 1 amide bonds. The van der Waals surface area contributed by atoms with Gasteiger partial charge in [0.25, 0.3) is 0 Å². The van der Waals surface area contributed by atoms with Crippen LogP contribution in [0, 0.1) is 5.41 Å². The van der Waals surface area contributed by atoms with Gasteiger partial charge in [-0.3, -0.25) is 4.79 Å². The summed E-state index contributed by atoms with van der Waals surface area (Å²) in [6.45, 7) is 5.82. The Kier molecular flexibility index (Phi) is 6.73. The predicted molar refractivity (Wildman–Crippen MR) is 84.5 cm³/mol. The minimum Gasteiger partial charge on any atom is -0.345 e. The van der Waals surface area contributed by atoms with Crippen molar-refractivity contribution in [1.29, 1.82) is 0 Å². The molecule has 3 heteroatoms. The minimum absolute atomic E-state index is 0.157. The van der Waals surface area contributed by atoms with E-state index >= 15 is 0 Å². The fourth-order valence-corrected chi connectivity index (χ4v) is 2.22. The molecule has 3 nitrogen and oxygen atoms in total. The summed E-state index contributed by atoms with van der Waals surface area (Å²) in [6.07, 6.45) is 3.39. The number of likely N-dealkylation sites (N-methyl/N-ethyl adjacent to an activating group) is 1. The fourth-order valence-electron chi connectivity index (χ4n) is 2.22. The van der Waals surface area contributed by atoms with Crippen molar-refractivity contribution in [3.63, 3.8) is 0 Å². The van der Waals surface area contributed by atoms with E-state index in [9.17, 15) is 4.79 Å². The Morgan fingerprint density at radius 2 is 1.85 bits per heavy atom. The maximum Gasteiger partial charge on any atom is 0.222 e. The zero-order valence-corrected chi connectivity index (χ0v) is 13.1. The molecule has 0 aliphatic rings. The van der Waals surface area contributed by atoms with E-state index in [0.29, 0.717) is 13.0 Å². The van der Waals surface area contributed by atoms with Crippen molar-refractivity contribution in [2.45, 2.75) is 39.5 Å². The van der Waals surface area contributed by atoms with Gasteiger partial charge in [-0.2, -0.15) is 0 Å². The number of hydrogen-bond acceptors (Lipinski definition) is 2. The maximum atomic E-state index is 12.1. The van der Waals surface area contributed by atoms with Crippen molar-refractivity contribution in [2.75, 3.05) is 20.1 Å². The molecular weight excluding hydrogens is 248 g/mol. The van der Waals surface area contributed by atoms with Crippen molar-refractivity contribution in [3.05, 3.63) is 35.9 Å². The first-order chi connectivity index (χ1) is 9.44. The molecule has 2 N–H and O–H groups in total. The topological polar surface area (TPSA) is 46.3 Å². The van der Waals surface area contributed by atoms with E-state index in [1.54, 1.807) is 0 Å². The monoisotopic (exact) mass is 276 g/mol. The van der Waals surface area contributed by atoms with Crippen LogP contribution in [0.1, 0.15) is 38.7 Å². The Morgan fingerprint density at radius 1 is 1.20 bits per heavy atom. The number of benzene rings is 1. The molecule has 1 aromatic carbocycles. The highest BCUT2D eigenvalue weighted by Gasteiger charge is 2.19. The molecular formula is C17H28N2O. The van der Waals surface area contributed by atoms with Crippen LogP contribution in [0.2, 0.25) is 0 Å². The van der Waals surface area contributed by atoms with E-state index in [1.165, 1.54) is 5.56 Å². The molecule has 112 valence electrons. The first-order valence-corrected chi connectivity index (χ1v) is 7.42. The van der Waals surface area contributed by atoms with Gasteiger partial charge in [-0.15, -0.1) is 0 Å². The largest absolute Gasteiger partial charge is 0.345 e. The molecule has 0 unspecified atom stereocenters. The summed E-state index contributed by atoms with van der Waals surface area (Å²) in [4.78, 5) is 13.9. The first kappa shape index (κ1) is 16.7. The number of amides is 1. The van der Waals surface area contributed by atoms with Crippen molar-refractivity contribution >= 4 is 5.91 Å². The molecule has 0 aliphatic heterocycles. The highest BCUT2D eigenvalue weighted by atomic mass is 16.2. The van der Waals surface area contributed by atoms with Crippen LogP contribution in [-0.2, 0) is 11.2 Å². The number of carbonyl (C=O) groups excluding carboxylic acids is 1. The van der Waals surface area contributed by atoms with Gasteiger partial charge < -0.3 is 10.6 Å². The molecule has 20 heavy (non-hydrogen) atoms. The van der Waals surface area contributed by atoms with Crippen molar-refractivity contribution < 1.29 is 4.79 Å². The van der Waals surface area contributed by atoms with Crippen LogP contribution in [0.15, 0.2) is 30.3 Å². The molecule has 0 spiro atoms. The maximum absolute atomic E-state index is 12.1. The summed E-state index contributed by atoms with van der Waals surface area (Å²) in [7, 11) is 1.89. The lowest BCUT2D eigenvalue weighted by Crippen LogP contribution is -2.30. The minimum atomic E-state index is 0.157. The van der Waals surface area contributed by atoms with Crippen molar-refractivity contribution in [2.24, 2.45) is 11.1 Å². The van der Waals surface area contributed by atoms with E-state index in [-0.39, 0.29) is 11.3 Å². The standard InChI is InChI=1S/C17H28N2O/c1-17(2,12-13-18)11-9-16(20)19(3)14-10-15-7-5-4-6-8-15/h4-8H,9-14,18H2,1-3H3. The first-order valence-electron chi connectivity index (χ1n) is 7.42. The summed E-state index contributed by atoms with van der Waals surface area (Å²) < 4.78 is 0. The third-order valence-electron chi connectivity index (χ3n) is 3.84. The summed E-state index contributed by atoms with van der Waals surface area (Å²) in [5, 5.41) is 0. The zero-order chi connectivity index (χ0) is 15.0. The van der Waals surface area contributed by atoms with Crippen LogP contribution >= 0.6 is 0 Å². The lowest BCUT2D eigenvalue weighted by atomic mass is 9.84. The van der Waals surface area contributed by atoms with Gasteiger partial charge >= 0.3 is 0 Å². The Bertz CT molecular complexity index is 401. The molecule has 0 atom stereocenters. The molecule has 1 aromatic rings. The number of hydrogen-bond donors (Lipinski definition) is 1. The SMILES string of the molecule is CN(CCc1ccccc1)C(=O)CCC(C)(C)CCN. The third kappa shape index (κ3) is 6.20. The summed E-state index contributed by atoms with van der Waals surface area (Å²) >= 11 is 0. The third-order valence-corrected chi connectivity index (χ3v) is 3.84. The number of nitrogens with two attached hydrogens (primary N) is 1. The number of rotatable bonds is 8. The molecule has 0 heterocycles. The summed E-state index contributed by atoms with van der Waals surface area (Å²) in [6, 6.07) is 10.3. The van der Waals surface area contributed by atoms with Crippen LogP contribution in [0.5, 0.6) is 0 Å².